The highest BCUT2D eigenvalue weighted by Crippen LogP contribution is 2.31. The Morgan fingerprint density at radius 2 is 1.94 bits per heavy atom. The Morgan fingerprint density at radius 3 is 2.71 bits per heavy atom. The molecular formula is C14H16OSSi. The SMILES string of the molecule is Cc1ccc2c(c1)C(O)c1sccc1[Si]2(C)C. The number of benzene rings is 1. The minimum absolute atomic E-state index is 0.416. The minimum Gasteiger partial charge on any atom is -0.383 e. The Kier molecular flexibility index (Phi) is 2.34. The van der Waals surface area contributed by atoms with Crippen LogP contribution in [0, 0.1) is 6.92 Å². The van der Waals surface area contributed by atoms with Gasteiger partial charge in [0.2, 0.25) is 0 Å². The molecule has 0 bridgehead atoms. The summed E-state index contributed by atoms with van der Waals surface area (Å²) in [6, 6.07) is 8.74. The highest BCUT2D eigenvalue weighted by Gasteiger charge is 2.39. The third kappa shape index (κ3) is 1.46. The molecule has 88 valence electrons. The molecule has 1 nitrogen and oxygen atoms in total. The Hall–Kier alpha value is -0.903. The average molecular weight is 260 g/mol. The lowest BCUT2D eigenvalue weighted by Crippen LogP contribution is -2.58. The summed E-state index contributed by atoms with van der Waals surface area (Å²) in [6.07, 6.45) is -0.416. The molecule has 1 unspecified atom stereocenters. The second-order valence-electron chi connectivity index (χ2n) is 5.32. The molecule has 0 amide bonds. The smallest absolute Gasteiger partial charge is 0.114 e. The van der Waals surface area contributed by atoms with Crippen LogP contribution in [0.1, 0.15) is 22.1 Å². The van der Waals surface area contributed by atoms with Crippen LogP contribution in [0.25, 0.3) is 0 Å². The Bertz CT molecular complexity index is 586. The van der Waals surface area contributed by atoms with Gasteiger partial charge in [-0.1, -0.05) is 42.9 Å². The predicted octanol–water partition coefficient (Wildman–Crippen LogP) is 2.27. The topological polar surface area (TPSA) is 20.2 Å². The number of thiophene rings is 1. The summed E-state index contributed by atoms with van der Waals surface area (Å²) in [7, 11) is -1.59. The van der Waals surface area contributed by atoms with E-state index in [0.717, 1.165) is 5.56 Å². The molecule has 0 saturated heterocycles. The Balaban J connectivity index is 2.32. The molecule has 0 fully saturated rings. The van der Waals surface area contributed by atoms with E-state index >= 15 is 0 Å². The van der Waals surface area contributed by atoms with Crippen molar-refractivity contribution in [3.05, 3.63) is 45.6 Å². The van der Waals surface area contributed by atoms with Gasteiger partial charge in [-0.3, -0.25) is 0 Å². The van der Waals surface area contributed by atoms with Crippen molar-refractivity contribution in [2.45, 2.75) is 26.1 Å². The molecule has 2 heterocycles. The summed E-state index contributed by atoms with van der Waals surface area (Å²) in [5.74, 6) is 0. The van der Waals surface area contributed by atoms with E-state index in [1.165, 1.54) is 20.8 Å². The van der Waals surface area contributed by atoms with E-state index in [9.17, 15) is 5.11 Å². The van der Waals surface area contributed by atoms with E-state index in [0.29, 0.717) is 0 Å². The molecule has 3 rings (SSSR count). The van der Waals surface area contributed by atoms with Crippen LogP contribution in [-0.4, -0.2) is 13.2 Å². The zero-order valence-electron chi connectivity index (χ0n) is 10.3. The van der Waals surface area contributed by atoms with Gasteiger partial charge in [-0.25, -0.2) is 0 Å². The lowest BCUT2D eigenvalue weighted by Gasteiger charge is -2.34. The third-order valence-electron chi connectivity index (χ3n) is 3.79. The lowest BCUT2D eigenvalue weighted by atomic mass is 10.0. The van der Waals surface area contributed by atoms with Crippen molar-refractivity contribution >= 4 is 29.8 Å². The van der Waals surface area contributed by atoms with Gasteiger partial charge >= 0.3 is 0 Å². The van der Waals surface area contributed by atoms with E-state index in [1.807, 2.05) is 0 Å². The van der Waals surface area contributed by atoms with E-state index < -0.39 is 14.2 Å². The average Bonchev–Trinajstić information content (AvgIpc) is 2.76. The van der Waals surface area contributed by atoms with Gasteiger partial charge in [0.05, 0.1) is 0 Å². The van der Waals surface area contributed by atoms with Crippen molar-refractivity contribution < 1.29 is 5.11 Å². The molecule has 1 aromatic carbocycles. The first kappa shape index (κ1) is 11.2. The number of aliphatic hydroxyl groups excluding tert-OH is 1. The zero-order valence-corrected chi connectivity index (χ0v) is 12.1. The van der Waals surface area contributed by atoms with Crippen LogP contribution >= 0.6 is 11.3 Å². The van der Waals surface area contributed by atoms with E-state index in [-0.39, 0.29) is 0 Å². The van der Waals surface area contributed by atoms with Gasteiger partial charge in [0.15, 0.2) is 0 Å². The summed E-state index contributed by atoms with van der Waals surface area (Å²) in [6.45, 7) is 6.84. The number of aliphatic hydroxyl groups is 1. The molecule has 2 aromatic rings. The first-order chi connectivity index (χ1) is 8.01. The molecule has 0 radical (unpaired) electrons. The highest BCUT2D eigenvalue weighted by molar-refractivity contribution is 7.14. The van der Waals surface area contributed by atoms with Crippen LogP contribution < -0.4 is 10.4 Å². The van der Waals surface area contributed by atoms with Crippen molar-refractivity contribution in [1.82, 2.24) is 0 Å². The molecule has 1 aliphatic heterocycles. The van der Waals surface area contributed by atoms with Gasteiger partial charge < -0.3 is 5.11 Å². The van der Waals surface area contributed by atoms with Gasteiger partial charge in [-0.2, -0.15) is 0 Å². The second kappa shape index (κ2) is 3.54. The molecule has 1 aliphatic rings. The standard InChI is InChI=1S/C14H16OSSi/c1-9-4-5-11-10(8-9)13(15)14-12(6-7-16-14)17(11,2)3/h4-8,13,15H,1-3H3. The van der Waals surface area contributed by atoms with Crippen molar-refractivity contribution in [2.75, 3.05) is 0 Å². The first-order valence-corrected chi connectivity index (χ1v) is 9.77. The molecule has 1 aromatic heterocycles. The summed E-state index contributed by atoms with van der Waals surface area (Å²) >= 11 is 1.69. The summed E-state index contributed by atoms with van der Waals surface area (Å²) in [5, 5.41) is 15.4. The minimum atomic E-state index is -1.59. The largest absolute Gasteiger partial charge is 0.383 e. The number of aryl methyl sites for hydroxylation is 1. The van der Waals surface area contributed by atoms with E-state index in [2.05, 4.69) is 49.7 Å². The summed E-state index contributed by atoms with van der Waals surface area (Å²) in [5.41, 5.74) is 2.37. The second-order valence-corrected chi connectivity index (χ2v) is 10.6. The Labute approximate surface area is 107 Å². The molecule has 1 N–H and O–H groups in total. The fraction of sp³-hybridized carbons (Fsp3) is 0.286. The van der Waals surface area contributed by atoms with Crippen LogP contribution in [-0.2, 0) is 0 Å². The maximum atomic E-state index is 10.5. The van der Waals surface area contributed by atoms with Crippen LogP contribution in [0.4, 0.5) is 0 Å². The predicted molar refractivity (Wildman–Crippen MR) is 76.3 cm³/mol. The van der Waals surface area contributed by atoms with Crippen LogP contribution in [0.2, 0.25) is 13.1 Å². The quantitative estimate of drug-likeness (QED) is 0.721. The summed E-state index contributed by atoms with van der Waals surface area (Å²) in [4.78, 5) is 1.17. The molecule has 0 spiro atoms. The highest BCUT2D eigenvalue weighted by atomic mass is 32.1. The van der Waals surface area contributed by atoms with E-state index in [4.69, 9.17) is 0 Å². The maximum absolute atomic E-state index is 10.5. The zero-order chi connectivity index (χ0) is 12.2. The number of fused-ring (bicyclic) bond motifs is 2. The van der Waals surface area contributed by atoms with Crippen molar-refractivity contribution in [3.8, 4) is 0 Å². The maximum Gasteiger partial charge on any atom is 0.114 e. The van der Waals surface area contributed by atoms with Crippen LogP contribution in [0.15, 0.2) is 29.6 Å². The molecule has 17 heavy (non-hydrogen) atoms. The fourth-order valence-corrected chi connectivity index (χ4v) is 7.65. The molecule has 0 aliphatic carbocycles. The first-order valence-electron chi connectivity index (χ1n) is 5.89. The van der Waals surface area contributed by atoms with Gasteiger partial charge in [0.1, 0.15) is 14.2 Å². The molecular weight excluding hydrogens is 244 g/mol. The fourth-order valence-electron chi connectivity index (χ4n) is 2.81. The number of rotatable bonds is 0. The Morgan fingerprint density at radius 1 is 1.18 bits per heavy atom. The molecule has 1 atom stereocenters. The van der Waals surface area contributed by atoms with Gasteiger partial charge in [0.25, 0.3) is 0 Å². The lowest BCUT2D eigenvalue weighted by molar-refractivity contribution is 0.225. The monoisotopic (exact) mass is 260 g/mol. The van der Waals surface area contributed by atoms with E-state index in [1.54, 1.807) is 11.3 Å². The van der Waals surface area contributed by atoms with Crippen LogP contribution in [0.3, 0.4) is 0 Å². The third-order valence-corrected chi connectivity index (χ3v) is 8.53. The van der Waals surface area contributed by atoms with Crippen molar-refractivity contribution in [3.63, 3.8) is 0 Å². The normalized spacial score (nSPS) is 20.8. The molecule has 3 heteroatoms. The van der Waals surface area contributed by atoms with Gasteiger partial charge in [0, 0.05) is 4.88 Å². The number of hydrogen-bond donors (Lipinski definition) is 1. The van der Waals surface area contributed by atoms with Crippen molar-refractivity contribution in [1.29, 1.82) is 0 Å². The summed E-state index contributed by atoms with van der Waals surface area (Å²) < 4.78 is 0. The van der Waals surface area contributed by atoms with Gasteiger partial charge in [-0.05, 0) is 28.2 Å². The van der Waals surface area contributed by atoms with Crippen molar-refractivity contribution in [2.24, 2.45) is 0 Å². The molecule has 0 saturated carbocycles. The van der Waals surface area contributed by atoms with Gasteiger partial charge in [-0.15, -0.1) is 11.3 Å². The number of hydrogen-bond acceptors (Lipinski definition) is 2. The van der Waals surface area contributed by atoms with Crippen LogP contribution in [0.5, 0.6) is 0 Å².